The Hall–Kier alpha value is -3.04. The first-order valence-corrected chi connectivity index (χ1v) is 15.6. The molecule has 3 aliphatic heterocycles. The lowest BCUT2D eigenvalue weighted by Crippen LogP contribution is -2.57. The quantitative estimate of drug-likeness (QED) is 0.328. The first-order valence-electron chi connectivity index (χ1n) is 14.8. The van der Waals surface area contributed by atoms with Crippen molar-refractivity contribution in [2.45, 2.75) is 74.5 Å². The van der Waals surface area contributed by atoms with Gasteiger partial charge in [-0.1, -0.05) is 43.7 Å². The monoisotopic (exact) mass is 579 g/mol. The summed E-state index contributed by atoms with van der Waals surface area (Å²) in [6.45, 7) is 6.85. The number of carbonyl (C=O) groups is 3. The molecule has 5 rings (SSSR count). The smallest absolute Gasteiger partial charge is 0.244 e. The normalized spacial score (nSPS) is 28.8. The van der Waals surface area contributed by atoms with Gasteiger partial charge < -0.3 is 25.4 Å². The minimum atomic E-state index is -0.757. The molecule has 8 nitrogen and oxygen atoms in total. The molecule has 3 aliphatic rings. The summed E-state index contributed by atoms with van der Waals surface area (Å²) in [4.78, 5) is 44.0. The van der Waals surface area contributed by atoms with Gasteiger partial charge in [-0.3, -0.25) is 14.4 Å². The van der Waals surface area contributed by atoms with E-state index in [1.807, 2.05) is 49.4 Å². The van der Waals surface area contributed by atoms with Gasteiger partial charge in [-0.25, -0.2) is 0 Å². The number of ether oxygens (including phenoxy) is 1. The Kier molecular flexibility index (Phi) is 8.66. The lowest BCUT2D eigenvalue weighted by atomic mass is 9.66. The third kappa shape index (κ3) is 5.34. The number of likely N-dealkylation sites (tertiary alicyclic amines) is 1. The number of hydrogen-bond acceptors (Lipinski definition) is 6. The SMILES string of the molecule is CCCCNC(=O)C1N([C@@H](CO)Cc2ccccc2)C(=O)[C@@H]2[C@H](C(=O)Nc3ccc(OCC)cc3)[C@]3(C)CCC12S3. The van der Waals surface area contributed by atoms with Crippen LogP contribution >= 0.6 is 11.8 Å². The maximum absolute atomic E-state index is 14.5. The van der Waals surface area contributed by atoms with Crippen LogP contribution in [0.3, 0.4) is 0 Å². The number of anilines is 1. The molecule has 3 heterocycles. The largest absolute Gasteiger partial charge is 0.494 e. The molecule has 0 radical (unpaired) electrons. The number of carbonyl (C=O) groups excluding carboxylic acids is 3. The number of rotatable bonds is 12. The van der Waals surface area contributed by atoms with Gasteiger partial charge in [0.1, 0.15) is 11.8 Å². The van der Waals surface area contributed by atoms with Crippen molar-refractivity contribution in [1.82, 2.24) is 10.2 Å². The molecule has 0 aliphatic carbocycles. The highest BCUT2D eigenvalue weighted by molar-refractivity contribution is 8.02. The second-order valence-electron chi connectivity index (χ2n) is 11.6. The topological polar surface area (TPSA) is 108 Å². The molecular formula is C32H41N3O5S. The molecule has 3 amide bonds. The van der Waals surface area contributed by atoms with Crippen molar-refractivity contribution in [3.8, 4) is 5.75 Å². The molecule has 220 valence electrons. The van der Waals surface area contributed by atoms with Gasteiger partial charge in [0, 0.05) is 17.0 Å². The van der Waals surface area contributed by atoms with Crippen LogP contribution in [0.25, 0.3) is 0 Å². The fourth-order valence-corrected chi connectivity index (χ4v) is 9.44. The second kappa shape index (κ2) is 12.1. The van der Waals surface area contributed by atoms with Gasteiger partial charge in [0.05, 0.1) is 35.8 Å². The van der Waals surface area contributed by atoms with E-state index >= 15 is 0 Å². The van der Waals surface area contributed by atoms with Crippen LogP contribution in [0.4, 0.5) is 5.69 Å². The zero-order valence-electron chi connectivity index (χ0n) is 24.1. The van der Waals surface area contributed by atoms with Crippen molar-refractivity contribution < 1.29 is 24.2 Å². The molecule has 2 aromatic carbocycles. The second-order valence-corrected chi connectivity index (χ2v) is 13.5. The third-order valence-corrected chi connectivity index (χ3v) is 10.9. The molecule has 2 aromatic rings. The fourth-order valence-electron chi connectivity index (χ4n) is 7.10. The van der Waals surface area contributed by atoms with Gasteiger partial charge >= 0.3 is 0 Å². The van der Waals surface area contributed by atoms with Crippen LogP contribution in [0, 0.1) is 11.8 Å². The van der Waals surface area contributed by atoms with E-state index in [9.17, 15) is 19.5 Å². The molecule has 2 unspecified atom stereocenters. The van der Waals surface area contributed by atoms with Gasteiger partial charge in [-0.05, 0) is 69.4 Å². The van der Waals surface area contributed by atoms with Crippen LogP contribution in [-0.2, 0) is 20.8 Å². The Balaban J connectivity index is 1.48. The van der Waals surface area contributed by atoms with Crippen LogP contribution in [0.2, 0.25) is 0 Å². The average molecular weight is 580 g/mol. The maximum Gasteiger partial charge on any atom is 0.244 e. The maximum atomic E-state index is 14.5. The predicted molar refractivity (Wildman–Crippen MR) is 161 cm³/mol. The molecule has 0 aromatic heterocycles. The van der Waals surface area contributed by atoms with Crippen molar-refractivity contribution in [1.29, 1.82) is 0 Å². The number of aliphatic hydroxyl groups excluding tert-OH is 1. The summed E-state index contributed by atoms with van der Waals surface area (Å²) in [5.41, 5.74) is 1.62. The Morgan fingerprint density at radius 2 is 1.83 bits per heavy atom. The summed E-state index contributed by atoms with van der Waals surface area (Å²) in [5.74, 6) is -1.14. The van der Waals surface area contributed by atoms with Gasteiger partial charge in [0.2, 0.25) is 17.7 Å². The van der Waals surface area contributed by atoms with Crippen LogP contribution < -0.4 is 15.4 Å². The van der Waals surface area contributed by atoms with Gasteiger partial charge in [0.15, 0.2) is 0 Å². The first-order chi connectivity index (χ1) is 19.8. The van der Waals surface area contributed by atoms with E-state index in [4.69, 9.17) is 4.74 Å². The number of aliphatic hydroxyl groups is 1. The highest BCUT2D eigenvalue weighted by atomic mass is 32.2. The van der Waals surface area contributed by atoms with E-state index in [0.717, 1.165) is 30.6 Å². The van der Waals surface area contributed by atoms with E-state index < -0.39 is 33.4 Å². The average Bonchev–Trinajstić information content (AvgIpc) is 3.54. The van der Waals surface area contributed by atoms with E-state index in [-0.39, 0.29) is 24.3 Å². The Morgan fingerprint density at radius 3 is 2.49 bits per heavy atom. The molecule has 6 atom stereocenters. The minimum Gasteiger partial charge on any atom is -0.494 e. The standard InChI is InChI=1S/C32H41N3O5S/c1-4-6-18-33-29(38)27-32-17-16-31(3,41-32)25(28(37)34-22-12-14-24(15-13-22)40-5-2)26(32)30(39)35(27)23(20-36)19-21-10-8-7-9-11-21/h7-15,23,25-27,36H,4-6,16-20H2,1-3H3,(H,33,38)(H,34,37)/t23-,25-,26+,27?,31+,32?/m1/s1. The molecule has 0 saturated carbocycles. The lowest BCUT2D eigenvalue weighted by molar-refractivity contribution is -0.142. The van der Waals surface area contributed by atoms with Crippen molar-refractivity contribution in [3.05, 3.63) is 60.2 Å². The minimum absolute atomic E-state index is 0.190. The van der Waals surface area contributed by atoms with Gasteiger partial charge in [-0.2, -0.15) is 0 Å². The number of nitrogens with one attached hydrogen (secondary N) is 2. The fraction of sp³-hybridized carbons (Fsp3) is 0.531. The number of nitrogens with zero attached hydrogens (tertiary/aromatic N) is 1. The zero-order valence-corrected chi connectivity index (χ0v) is 24.9. The number of hydrogen-bond donors (Lipinski definition) is 3. The molecule has 3 saturated heterocycles. The summed E-state index contributed by atoms with van der Waals surface area (Å²) in [6, 6.07) is 15.6. The Bertz CT molecular complexity index is 1260. The highest BCUT2D eigenvalue weighted by Gasteiger charge is 2.77. The summed E-state index contributed by atoms with van der Waals surface area (Å²) in [5, 5.41) is 16.7. The molecule has 9 heteroatoms. The summed E-state index contributed by atoms with van der Waals surface area (Å²) >= 11 is 1.64. The van der Waals surface area contributed by atoms with Crippen LogP contribution in [0.5, 0.6) is 5.75 Å². The Labute approximate surface area is 246 Å². The first kappa shape index (κ1) is 29.5. The predicted octanol–water partition coefficient (Wildman–Crippen LogP) is 4.03. The number of unbranched alkanes of at least 4 members (excludes halogenated alkanes) is 1. The number of benzene rings is 2. The van der Waals surface area contributed by atoms with E-state index in [0.29, 0.717) is 31.7 Å². The molecule has 3 N–H and O–H groups in total. The van der Waals surface area contributed by atoms with Gasteiger partial charge in [0.25, 0.3) is 0 Å². The highest BCUT2D eigenvalue weighted by Crippen LogP contribution is 2.71. The lowest BCUT2D eigenvalue weighted by Gasteiger charge is -2.37. The van der Waals surface area contributed by atoms with Crippen molar-refractivity contribution >= 4 is 35.2 Å². The zero-order chi connectivity index (χ0) is 29.2. The van der Waals surface area contributed by atoms with Crippen molar-refractivity contribution in [2.24, 2.45) is 11.8 Å². The molecule has 2 bridgehead atoms. The molecular weight excluding hydrogens is 538 g/mol. The molecule has 3 fully saturated rings. The van der Waals surface area contributed by atoms with Gasteiger partial charge in [-0.15, -0.1) is 11.8 Å². The van der Waals surface area contributed by atoms with E-state index in [1.165, 1.54) is 0 Å². The number of thioether (sulfide) groups is 1. The number of amides is 3. The van der Waals surface area contributed by atoms with Crippen LogP contribution in [0.15, 0.2) is 54.6 Å². The summed E-state index contributed by atoms with van der Waals surface area (Å²) in [7, 11) is 0. The van der Waals surface area contributed by atoms with Crippen LogP contribution in [-0.4, -0.2) is 69.1 Å². The van der Waals surface area contributed by atoms with Crippen molar-refractivity contribution in [3.63, 3.8) is 0 Å². The van der Waals surface area contributed by atoms with Crippen molar-refractivity contribution in [2.75, 3.05) is 25.1 Å². The molecule has 1 spiro atoms. The molecule has 41 heavy (non-hydrogen) atoms. The summed E-state index contributed by atoms with van der Waals surface area (Å²) < 4.78 is 4.32. The third-order valence-electron chi connectivity index (χ3n) is 8.93. The summed E-state index contributed by atoms with van der Waals surface area (Å²) in [6.07, 6.45) is 3.61. The van der Waals surface area contributed by atoms with E-state index in [2.05, 4.69) is 24.5 Å². The van der Waals surface area contributed by atoms with E-state index in [1.54, 1.807) is 28.8 Å². The number of fused-ring (bicyclic) bond motifs is 1. The van der Waals surface area contributed by atoms with Crippen LogP contribution in [0.1, 0.15) is 52.0 Å². The Morgan fingerprint density at radius 1 is 1.10 bits per heavy atom.